The van der Waals surface area contributed by atoms with Crippen molar-refractivity contribution in [3.8, 4) is 5.75 Å². The number of pyridine rings is 1. The van der Waals surface area contributed by atoms with Crippen molar-refractivity contribution in [2.75, 3.05) is 29.9 Å². The van der Waals surface area contributed by atoms with Gasteiger partial charge in [0, 0.05) is 37.8 Å². The lowest BCUT2D eigenvalue weighted by Crippen LogP contribution is -2.32. The van der Waals surface area contributed by atoms with Crippen LogP contribution in [0.15, 0.2) is 48.9 Å². The standard InChI is InChI=1S/C23H27N5O/c1-3-29-19-7-5-18(6-8-19)10-12-24-23-20-15-28(13-11-21(20)26-16-27-23)22-9-4-17(2)14-25-22/h4-9,14,16H,3,10-13,15H2,1-2H3,(H,24,26,27). The number of nitrogens with one attached hydrogen (secondary N) is 1. The van der Waals surface area contributed by atoms with Crippen LogP contribution < -0.4 is 15.0 Å². The molecule has 0 saturated heterocycles. The molecule has 6 heteroatoms. The van der Waals surface area contributed by atoms with E-state index in [1.807, 2.05) is 25.3 Å². The zero-order valence-electron chi connectivity index (χ0n) is 17.1. The SMILES string of the molecule is CCOc1ccc(CCNc2ncnc3c2CN(c2ccc(C)cn2)CC3)cc1. The van der Waals surface area contributed by atoms with Crippen LogP contribution in [-0.2, 0) is 19.4 Å². The molecule has 1 N–H and O–H groups in total. The number of benzene rings is 1. The van der Waals surface area contributed by atoms with Gasteiger partial charge in [0.1, 0.15) is 23.7 Å². The predicted octanol–water partition coefficient (Wildman–Crippen LogP) is 3.80. The van der Waals surface area contributed by atoms with Crippen molar-refractivity contribution >= 4 is 11.6 Å². The fourth-order valence-corrected chi connectivity index (χ4v) is 3.58. The van der Waals surface area contributed by atoms with E-state index in [1.165, 1.54) is 16.7 Å². The average Bonchev–Trinajstić information content (AvgIpc) is 2.75. The highest BCUT2D eigenvalue weighted by atomic mass is 16.5. The first-order valence-corrected chi connectivity index (χ1v) is 10.2. The second-order valence-corrected chi connectivity index (χ2v) is 7.27. The molecule has 0 radical (unpaired) electrons. The third-order valence-corrected chi connectivity index (χ3v) is 5.16. The Kier molecular flexibility index (Phi) is 5.89. The highest BCUT2D eigenvalue weighted by Crippen LogP contribution is 2.26. The van der Waals surface area contributed by atoms with Crippen molar-refractivity contribution in [1.82, 2.24) is 15.0 Å². The van der Waals surface area contributed by atoms with Crippen LogP contribution >= 0.6 is 0 Å². The van der Waals surface area contributed by atoms with Gasteiger partial charge in [0.05, 0.1) is 12.3 Å². The van der Waals surface area contributed by atoms with E-state index in [9.17, 15) is 0 Å². The van der Waals surface area contributed by atoms with Crippen molar-refractivity contribution in [3.63, 3.8) is 0 Å². The first-order valence-electron chi connectivity index (χ1n) is 10.2. The number of ether oxygens (including phenoxy) is 1. The van der Waals surface area contributed by atoms with E-state index in [4.69, 9.17) is 4.74 Å². The second-order valence-electron chi connectivity index (χ2n) is 7.27. The fraction of sp³-hybridized carbons (Fsp3) is 0.348. The zero-order valence-corrected chi connectivity index (χ0v) is 17.1. The molecule has 1 aliphatic heterocycles. The van der Waals surface area contributed by atoms with Crippen LogP contribution in [0.4, 0.5) is 11.6 Å². The third kappa shape index (κ3) is 4.65. The van der Waals surface area contributed by atoms with Gasteiger partial charge in [-0.15, -0.1) is 0 Å². The van der Waals surface area contributed by atoms with Crippen LogP contribution in [0.3, 0.4) is 0 Å². The Morgan fingerprint density at radius 3 is 2.69 bits per heavy atom. The van der Waals surface area contributed by atoms with Crippen LogP contribution in [-0.4, -0.2) is 34.6 Å². The van der Waals surface area contributed by atoms with Gasteiger partial charge < -0.3 is 15.0 Å². The van der Waals surface area contributed by atoms with Gasteiger partial charge >= 0.3 is 0 Å². The topological polar surface area (TPSA) is 63.2 Å². The van der Waals surface area contributed by atoms with Crippen LogP contribution in [0.1, 0.15) is 29.3 Å². The van der Waals surface area contributed by atoms with Crippen molar-refractivity contribution in [2.45, 2.75) is 33.2 Å². The molecule has 0 atom stereocenters. The summed E-state index contributed by atoms with van der Waals surface area (Å²) < 4.78 is 5.51. The van der Waals surface area contributed by atoms with Crippen molar-refractivity contribution in [1.29, 1.82) is 0 Å². The first kappa shape index (κ1) is 19.2. The smallest absolute Gasteiger partial charge is 0.134 e. The van der Waals surface area contributed by atoms with Crippen LogP contribution in [0, 0.1) is 6.92 Å². The molecular weight excluding hydrogens is 362 g/mol. The summed E-state index contributed by atoms with van der Waals surface area (Å²) in [7, 11) is 0. The number of fused-ring (bicyclic) bond motifs is 1. The molecule has 0 amide bonds. The predicted molar refractivity (Wildman–Crippen MR) is 116 cm³/mol. The minimum absolute atomic E-state index is 0.689. The Labute approximate surface area is 172 Å². The molecule has 2 aromatic heterocycles. The highest BCUT2D eigenvalue weighted by molar-refractivity contribution is 5.52. The molecular formula is C23H27N5O. The zero-order chi connectivity index (χ0) is 20.1. The number of hydrogen-bond acceptors (Lipinski definition) is 6. The molecule has 0 saturated carbocycles. The first-order chi connectivity index (χ1) is 14.2. The van der Waals surface area contributed by atoms with Gasteiger partial charge in [0.15, 0.2) is 0 Å². The van der Waals surface area contributed by atoms with Crippen molar-refractivity contribution < 1.29 is 4.74 Å². The summed E-state index contributed by atoms with van der Waals surface area (Å²) >= 11 is 0. The maximum atomic E-state index is 5.51. The van der Waals surface area contributed by atoms with Gasteiger partial charge in [-0.25, -0.2) is 15.0 Å². The Hall–Kier alpha value is -3.15. The number of rotatable bonds is 7. The minimum atomic E-state index is 0.689. The normalized spacial score (nSPS) is 13.1. The molecule has 29 heavy (non-hydrogen) atoms. The van der Waals surface area contributed by atoms with Crippen LogP contribution in [0.2, 0.25) is 0 Å². The molecule has 3 aromatic rings. The molecule has 0 spiro atoms. The lowest BCUT2D eigenvalue weighted by atomic mass is 10.1. The van der Waals surface area contributed by atoms with Gasteiger partial charge in [-0.2, -0.15) is 0 Å². The summed E-state index contributed by atoms with van der Waals surface area (Å²) in [5.41, 5.74) is 4.75. The summed E-state index contributed by atoms with van der Waals surface area (Å²) in [6.07, 6.45) is 5.41. The highest BCUT2D eigenvalue weighted by Gasteiger charge is 2.21. The minimum Gasteiger partial charge on any atom is -0.494 e. The molecule has 150 valence electrons. The monoisotopic (exact) mass is 389 g/mol. The van der Waals surface area contributed by atoms with Crippen LogP contribution in [0.25, 0.3) is 0 Å². The van der Waals surface area contributed by atoms with Crippen molar-refractivity contribution in [3.05, 3.63) is 71.3 Å². The summed E-state index contributed by atoms with van der Waals surface area (Å²) in [5.74, 6) is 2.85. The van der Waals surface area contributed by atoms with Gasteiger partial charge in [-0.3, -0.25) is 0 Å². The van der Waals surface area contributed by atoms with E-state index in [1.54, 1.807) is 6.33 Å². The molecule has 1 aromatic carbocycles. The second kappa shape index (κ2) is 8.90. The molecule has 0 aliphatic carbocycles. The van der Waals surface area contributed by atoms with E-state index in [-0.39, 0.29) is 0 Å². The molecule has 0 unspecified atom stereocenters. The number of aromatic nitrogens is 3. The van der Waals surface area contributed by atoms with Gasteiger partial charge in [-0.1, -0.05) is 18.2 Å². The van der Waals surface area contributed by atoms with Gasteiger partial charge in [0.2, 0.25) is 0 Å². The molecule has 0 fully saturated rings. The summed E-state index contributed by atoms with van der Waals surface area (Å²) in [6, 6.07) is 12.5. The Morgan fingerprint density at radius 2 is 1.93 bits per heavy atom. The fourth-order valence-electron chi connectivity index (χ4n) is 3.58. The molecule has 6 nitrogen and oxygen atoms in total. The third-order valence-electron chi connectivity index (χ3n) is 5.16. The maximum Gasteiger partial charge on any atom is 0.134 e. The van der Waals surface area contributed by atoms with E-state index < -0.39 is 0 Å². The molecule has 4 rings (SSSR count). The lowest BCUT2D eigenvalue weighted by molar-refractivity contribution is 0.340. The number of aryl methyl sites for hydroxylation is 1. The van der Waals surface area contributed by atoms with E-state index in [0.29, 0.717) is 6.61 Å². The lowest BCUT2D eigenvalue weighted by Gasteiger charge is -2.30. The largest absolute Gasteiger partial charge is 0.494 e. The van der Waals surface area contributed by atoms with E-state index in [2.05, 4.69) is 56.4 Å². The van der Waals surface area contributed by atoms with Crippen LogP contribution in [0.5, 0.6) is 5.75 Å². The van der Waals surface area contributed by atoms with Crippen molar-refractivity contribution in [2.24, 2.45) is 0 Å². The Morgan fingerprint density at radius 1 is 1.07 bits per heavy atom. The summed E-state index contributed by atoms with van der Waals surface area (Å²) in [5, 5.41) is 3.51. The Balaban J connectivity index is 1.41. The number of nitrogens with zero attached hydrogens (tertiary/aromatic N) is 4. The molecule has 0 bridgehead atoms. The van der Waals surface area contributed by atoms with Gasteiger partial charge in [-0.05, 0) is 49.6 Å². The summed E-state index contributed by atoms with van der Waals surface area (Å²) in [4.78, 5) is 15.9. The average molecular weight is 390 g/mol. The maximum absolute atomic E-state index is 5.51. The quantitative estimate of drug-likeness (QED) is 0.663. The van der Waals surface area contributed by atoms with E-state index in [0.717, 1.165) is 55.6 Å². The summed E-state index contributed by atoms with van der Waals surface area (Å²) in [6.45, 7) is 7.26. The Bertz CT molecular complexity index is 940. The number of hydrogen-bond donors (Lipinski definition) is 1. The molecule has 3 heterocycles. The number of anilines is 2. The molecule has 1 aliphatic rings. The van der Waals surface area contributed by atoms with Gasteiger partial charge in [0.25, 0.3) is 0 Å². The van der Waals surface area contributed by atoms with E-state index >= 15 is 0 Å².